The zero-order valence-electron chi connectivity index (χ0n) is 9.77. The maximum atomic E-state index is 6.28. The summed E-state index contributed by atoms with van der Waals surface area (Å²) in [6.07, 6.45) is 1.74. The normalized spacial score (nSPS) is 22.8. The molecular formula is C13H14ClN3S. The lowest BCUT2D eigenvalue weighted by Gasteiger charge is -2.26. The van der Waals surface area contributed by atoms with Crippen molar-refractivity contribution in [1.82, 2.24) is 4.98 Å². The summed E-state index contributed by atoms with van der Waals surface area (Å²) in [5.41, 5.74) is 14.1. The Bertz CT molecular complexity index is 581. The fourth-order valence-corrected chi connectivity index (χ4v) is 3.82. The molecule has 0 spiro atoms. The Morgan fingerprint density at radius 1 is 1.33 bits per heavy atom. The van der Waals surface area contributed by atoms with Gasteiger partial charge in [-0.05, 0) is 24.5 Å². The van der Waals surface area contributed by atoms with Gasteiger partial charge in [-0.3, -0.25) is 0 Å². The van der Waals surface area contributed by atoms with E-state index >= 15 is 0 Å². The van der Waals surface area contributed by atoms with E-state index in [9.17, 15) is 0 Å². The molecule has 0 radical (unpaired) electrons. The first kappa shape index (κ1) is 12.0. The van der Waals surface area contributed by atoms with Gasteiger partial charge in [0.2, 0.25) is 0 Å². The molecule has 4 N–H and O–H groups in total. The minimum Gasteiger partial charge on any atom is -0.375 e. The third kappa shape index (κ3) is 2.00. The van der Waals surface area contributed by atoms with Crippen molar-refractivity contribution in [3.63, 3.8) is 0 Å². The second-order valence-electron chi connectivity index (χ2n) is 4.63. The smallest absolute Gasteiger partial charge is 0.180 e. The topological polar surface area (TPSA) is 64.9 Å². The number of aromatic nitrogens is 1. The monoisotopic (exact) mass is 279 g/mol. The molecule has 2 aromatic rings. The Labute approximate surface area is 115 Å². The van der Waals surface area contributed by atoms with Crippen molar-refractivity contribution in [2.75, 3.05) is 5.73 Å². The highest BCUT2D eigenvalue weighted by Crippen LogP contribution is 2.41. The average molecular weight is 280 g/mol. The number of anilines is 1. The zero-order chi connectivity index (χ0) is 12.7. The minimum absolute atomic E-state index is 0.152. The maximum absolute atomic E-state index is 6.28. The number of rotatable bonds is 1. The van der Waals surface area contributed by atoms with Crippen LogP contribution in [0.5, 0.6) is 0 Å². The second kappa shape index (κ2) is 4.53. The molecule has 2 atom stereocenters. The van der Waals surface area contributed by atoms with Crippen molar-refractivity contribution in [2.45, 2.75) is 24.8 Å². The molecular weight excluding hydrogens is 266 g/mol. The molecule has 0 saturated heterocycles. The highest BCUT2D eigenvalue weighted by molar-refractivity contribution is 7.15. The summed E-state index contributed by atoms with van der Waals surface area (Å²) < 4.78 is 0. The van der Waals surface area contributed by atoms with Gasteiger partial charge in [-0.2, -0.15) is 0 Å². The molecule has 1 aromatic heterocycles. The number of nitrogens with two attached hydrogens (primary N) is 2. The van der Waals surface area contributed by atoms with Crippen molar-refractivity contribution in [1.29, 1.82) is 0 Å². The predicted octanol–water partition coefficient (Wildman–Crippen LogP) is 2.78. The van der Waals surface area contributed by atoms with Crippen molar-refractivity contribution < 1.29 is 0 Å². The van der Waals surface area contributed by atoms with Crippen LogP contribution in [-0.2, 0) is 6.42 Å². The number of halogens is 1. The summed E-state index contributed by atoms with van der Waals surface area (Å²) in [5.74, 6) is 0.172. The Hall–Kier alpha value is -1.10. The molecule has 94 valence electrons. The van der Waals surface area contributed by atoms with Crippen LogP contribution in [-0.4, -0.2) is 11.0 Å². The summed E-state index contributed by atoms with van der Waals surface area (Å²) in [5, 5.41) is 1.39. The van der Waals surface area contributed by atoms with E-state index < -0.39 is 0 Å². The van der Waals surface area contributed by atoms with Crippen LogP contribution < -0.4 is 11.5 Å². The summed E-state index contributed by atoms with van der Waals surface area (Å²) in [6, 6.07) is 8.04. The Morgan fingerprint density at radius 2 is 2.11 bits per heavy atom. The minimum atomic E-state index is 0.152. The fraction of sp³-hybridized carbons (Fsp3) is 0.308. The number of fused-ring (bicyclic) bond motifs is 1. The van der Waals surface area contributed by atoms with Crippen LogP contribution in [0.3, 0.4) is 0 Å². The molecule has 0 amide bonds. The van der Waals surface area contributed by atoms with Crippen LogP contribution in [0.1, 0.15) is 28.5 Å². The van der Waals surface area contributed by atoms with Crippen LogP contribution in [0.4, 0.5) is 5.13 Å². The molecule has 0 aliphatic heterocycles. The van der Waals surface area contributed by atoms with Crippen molar-refractivity contribution in [3.05, 3.63) is 45.4 Å². The Balaban J connectivity index is 2.10. The van der Waals surface area contributed by atoms with E-state index in [0.717, 1.165) is 29.1 Å². The second-order valence-corrected chi connectivity index (χ2v) is 6.16. The Morgan fingerprint density at radius 3 is 2.89 bits per heavy atom. The van der Waals surface area contributed by atoms with E-state index in [1.165, 1.54) is 4.88 Å². The van der Waals surface area contributed by atoms with Crippen molar-refractivity contribution in [2.24, 2.45) is 5.73 Å². The van der Waals surface area contributed by atoms with Gasteiger partial charge in [-0.1, -0.05) is 29.8 Å². The van der Waals surface area contributed by atoms with Crippen LogP contribution in [0.15, 0.2) is 24.3 Å². The number of hydrogen-bond donors (Lipinski definition) is 2. The molecule has 1 aromatic carbocycles. The van der Waals surface area contributed by atoms with Gasteiger partial charge in [0.25, 0.3) is 0 Å². The van der Waals surface area contributed by atoms with Crippen LogP contribution in [0.25, 0.3) is 0 Å². The molecule has 1 heterocycles. The summed E-state index contributed by atoms with van der Waals surface area (Å²) >= 11 is 7.82. The van der Waals surface area contributed by atoms with Gasteiger partial charge >= 0.3 is 0 Å². The lowest BCUT2D eigenvalue weighted by atomic mass is 9.83. The van der Waals surface area contributed by atoms with Gasteiger partial charge < -0.3 is 11.5 Å². The first-order chi connectivity index (χ1) is 8.65. The number of hydrogen-bond acceptors (Lipinski definition) is 4. The molecule has 1 aliphatic rings. The van der Waals surface area contributed by atoms with Crippen LogP contribution >= 0.6 is 22.9 Å². The quantitative estimate of drug-likeness (QED) is 0.844. The van der Waals surface area contributed by atoms with E-state index in [1.807, 2.05) is 24.3 Å². The third-order valence-electron chi connectivity index (χ3n) is 3.34. The molecule has 0 fully saturated rings. The average Bonchev–Trinajstić information content (AvgIpc) is 2.69. The van der Waals surface area contributed by atoms with Gasteiger partial charge in [-0.25, -0.2) is 4.98 Å². The molecule has 2 unspecified atom stereocenters. The standard InChI is InChI=1S/C13H14ClN3S/c14-10-4-2-1-3-8(10)9-5-7(15)6-11-12(9)17-13(16)18-11/h1-4,7,9H,5-6,15H2,(H2,16,17). The Kier molecular flexibility index (Phi) is 3.01. The number of thiazole rings is 1. The van der Waals surface area contributed by atoms with Crippen molar-refractivity contribution in [3.8, 4) is 0 Å². The lowest BCUT2D eigenvalue weighted by molar-refractivity contribution is 0.529. The van der Waals surface area contributed by atoms with Crippen LogP contribution in [0, 0.1) is 0 Å². The summed E-state index contributed by atoms with van der Waals surface area (Å²) in [4.78, 5) is 5.67. The van der Waals surface area contributed by atoms with Gasteiger partial charge in [0.1, 0.15) is 0 Å². The van der Waals surface area contributed by atoms with Crippen LogP contribution in [0.2, 0.25) is 5.02 Å². The lowest BCUT2D eigenvalue weighted by Crippen LogP contribution is -2.30. The van der Waals surface area contributed by atoms with E-state index in [2.05, 4.69) is 4.98 Å². The highest BCUT2D eigenvalue weighted by Gasteiger charge is 2.30. The zero-order valence-corrected chi connectivity index (χ0v) is 11.3. The molecule has 1 aliphatic carbocycles. The molecule has 18 heavy (non-hydrogen) atoms. The first-order valence-electron chi connectivity index (χ1n) is 5.90. The molecule has 0 saturated carbocycles. The fourth-order valence-electron chi connectivity index (χ4n) is 2.57. The third-order valence-corrected chi connectivity index (χ3v) is 4.61. The number of nitrogens with zero attached hydrogens (tertiary/aromatic N) is 1. The molecule has 0 bridgehead atoms. The maximum Gasteiger partial charge on any atom is 0.180 e. The van der Waals surface area contributed by atoms with E-state index in [-0.39, 0.29) is 12.0 Å². The van der Waals surface area contributed by atoms with Crippen molar-refractivity contribution >= 4 is 28.1 Å². The summed E-state index contributed by atoms with van der Waals surface area (Å²) in [7, 11) is 0. The first-order valence-corrected chi connectivity index (χ1v) is 7.09. The molecule has 3 nitrogen and oxygen atoms in total. The van der Waals surface area contributed by atoms with E-state index in [4.69, 9.17) is 23.1 Å². The number of nitrogen functional groups attached to an aromatic ring is 1. The van der Waals surface area contributed by atoms with E-state index in [1.54, 1.807) is 11.3 Å². The highest BCUT2D eigenvalue weighted by atomic mass is 35.5. The van der Waals surface area contributed by atoms with Gasteiger partial charge in [0, 0.05) is 21.9 Å². The summed E-state index contributed by atoms with van der Waals surface area (Å²) in [6.45, 7) is 0. The van der Waals surface area contributed by atoms with Gasteiger partial charge in [-0.15, -0.1) is 11.3 Å². The molecule has 3 rings (SSSR count). The van der Waals surface area contributed by atoms with E-state index in [0.29, 0.717) is 5.13 Å². The SMILES string of the molecule is Nc1nc2c(s1)CC(N)CC2c1ccccc1Cl. The van der Waals surface area contributed by atoms with Gasteiger partial charge in [0.15, 0.2) is 5.13 Å². The largest absolute Gasteiger partial charge is 0.375 e. The predicted molar refractivity (Wildman–Crippen MR) is 76.1 cm³/mol. The molecule has 5 heteroatoms. The van der Waals surface area contributed by atoms with Gasteiger partial charge in [0.05, 0.1) is 5.69 Å². The number of benzene rings is 1.